The quantitative estimate of drug-likeness (QED) is 0.117. The smallest absolute Gasteiger partial charge is 0.00417 e. The summed E-state index contributed by atoms with van der Waals surface area (Å²) in [6.07, 6.45) is 39.2. The molecule has 0 aliphatic heterocycles. The lowest BCUT2D eigenvalue weighted by atomic mass is 9.72. The van der Waals surface area contributed by atoms with Crippen LogP contribution < -0.4 is 5.73 Å². The van der Waals surface area contributed by atoms with Crippen LogP contribution in [0.1, 0.15) is 164 Å². The van der Waals surface area contributed by atoms with Gasteiger partial charge >= 0.3 is 0 Å². The summed E-state index contributed by atoms with van der Waals surface area (Å²) >= 11 is 0. The van der Waals surface area contributed by atoms with Crippen LogP contribution in [0.4, 0.5) is 0 Å². The van der Waals surface area contributed by atoms with E-state index < -0.39 is 0 Å². The van der Waals surface area contributed by atoms with Gasteiger partial charge in [-0.3, -0.25) is 0 Å². The highest BCUT2D eigenvalue weighted by Gasteiger charge is 2.26. The lowest BCUT2D eigenvalue weighted by molar-refractivity contribution is 0.377. The summed E-state index contributed by atoms with van der Waals surface area (Å²) in [7, 11) is 0. The van der Waals surface area contributed by atoms with Crippen LogP contribution in [0.2, 0.25) is 0 Å². The van der Waals surface area contributed by atoms with E-state index in [1.165, 1.54) is 126 Å². The molecule has 0 amide bonds. The predicted octanol–water partition coefficient (Wildman–Crippen LogP) is 12.1. The minimum atomic E-state index is 0.307. The molecule has 0 saturated heterocycles. The van der Waals surface area contributed by atoms with Crippen LogP contribution in [-0.2, 0) is 0 Å². The predicted molar refractivity (Wildman–Crippen MR) is 174 cm³/mol. The fourth-order valence-electron chi connectivity index (χ4n) is 5.79. The minimum Gasteiger partial charge on any atom is -0.328 e. The van der Waals surface area contributed by atoms with Crippen LogP contribution in [0.15, 0.2) is 58.7 Å². The van der Waals surface area contributed by atoms with Crippen molar-refractivity contribution in [3.8, 4) is 0 Å². The number of rotatable bonds is 21. The maximum absolute atomic E-state index is 6.39. The van der Waals surface area contributed by atoms with Crippen LogP contribution in [0.3, 0.4) is 0 Å². The van der Waals surface area contributed by atoms with E-state index >= 15 is 0 Å². The normalized spacial score (nSPS) is 17.8. The first-order chi connectivity index (χ1) is 18.3. The van der Waals surface area contributed by atoms with Gasteiger partial charge < -0.3 is 5.73 Å². The third-order valence-electron chi connectivity index (χ3n) is 8.46. The molecule has 1 rings (SSSR count). The molecule has 0 aromatic rings. The zero-order valence-electron chi connectivity index (χ0n) is 26.6. The van der Waals surface area contributed by atoms with E-state index in [1.54, 1.807) is 5.57 Å². The summed E-state index contributed by atoms with van der Waals surface area (Å²) in [5, 5.41) is 0. The van der Waals surface area contributed by atoms with Gasteiger partial charge in [-0.15, -0.1) is 0 Å². The van der Waals surface area contributed by atoms with Gasteiger partial charge in [-0.1, -0.05) is 157 Å². The van der Waals surface area contributed by atoms with Crippen molar-refractivity contribution in [3.05, 3.63) is 58.7 Å². The molecule has 1 atom stereocenters. The zero-order chi connectivity index (χ0) is 28.1. The second-order valence-corrected chi connectivity index (χ2v) is 12.9. The Morgan fingerprint density at radius 3 is 1.97 bits per heavy atom. The molecule has 1 aliphatic carbocycles. The van der Waals surface area contributed by atoms with Gasteiger partial charge in [0.25, 0.3) is 0 Å². The van der Waals surface area contributed by atoms with Crippen LogP contribution in [0.5, 0.6) is 0 Å². The van der Waals surface area contributed by atoms with Crippen LogP contribution in [-0.4, -0.2) is 6.04 Å². The molecule has 1 heteroatoms. The molecule has 218 valence electrons. The topological polar surface area (TPSA) is 26.0 Å². The van der Waals surface area contributed by atoms with Gasteiger partial charge in [0.15, 0.2) is 0 Å². The molecule has 1 nitrogen and oxygen atoms in total. The number of unbranched alkanes of at least 4 members (excludes halogenated alkanes) is 12. The Hall–Kier alpha value is -1.34. The van der Waals surface area contributed by atoms with Crippen molar-refractivity contribution in [1.29, 1.82) is 0 Å². The van der Waals surface area contributed by atoms with Gasteiger partial charge in [-0.05, 0) is 70.3 Å². The first-order valence-electron chi connectivity index (χ1n) is 16.4. The molecule has 38 heavy (non-hydrogen) atoms. The Kier molecular flexibility index (Phi) is 19.6. The van der Waals surface area contributed by atoms with Gasteiger partial charge in [0, 0.05) is 6.04 Å². The minimum absolute atomic E-state index is 0.307. The number of hydrogen-bond donors (Lipinski definition) is 1. The fraction of sp³-hybridized carbons (Fsp3) is 0.730. The van der Waals surface area contributed by atoms with Crippen molar-refractivity contribution in [3.63, 3.8) is 0 Å². The van der Waals surface area contributed by atoms with Crippen molar-refractivity contribution in [1.82, 2.24) is 0 Å². The standard InChI is InChI=1S/C37H65N/c1-7-8-9-10-11-12-13-14-15-16-17-18-19-27-35(38)28-21-25-32(2)23-20-24-33(3)29-30-36-34(4)26-22-31-37(36,5)6/h20,23-25,29-30,35H,7-19,21-22,26-28,31,38H2,1-6H3. The van der Waals surface area contributed by atoms with E-state index in [4.69, 9.17) is 5.73 Å². The molecule has 0 aromatic carbocycles. The highest BCUT2D eigenvalue weighted by atomic mass is 14.6. The van der Waals surface area contributed by atoms with Gasteiger partial charge in [0.05, 0.1) is 0 Å². The maximum Gasteiger partial charge on any atom is 0.00417 e. The Balaban J connectivity index is 2.13. The average molecular weight is 524 g/mol. The summed E-state index contributed by atoms with van der Waals surface area (Å²) in [4.78, 5) is 0. The molecule has 0 aromatic heterocycles. The van der Waals surface area contributed by atoms with Gasteiger partial charge in [-0.2, -0.15) is 0 Å². The summed E-state index contributed by atoms with van der Waals surface area (Å²) in [6, 6.07) is 0.352. The second kappa shape index (κ2) is 21.5. The monoisotopic (exact) mass is 524 g/mol. The molecule has 0 spiro atoms. The lowest BCUT2D eigenvalue weighted by Crippen LogP contribution is -2.19. The lowest BCUT2D eigenvalue weighted by Gasteiger charge is -2.32. The Morgan fingerprint density at radius 2 is 1.39 bits per heavy atom. The van der Waals surface area contributed by atoms with Crippen molar-refractivity contribution >= 4 is 0 Å². The second-order valence-electron chi connectivity index (χ2n) is 12.9. The Labute approximate surface area is 239 Å². The van der Waals surface area contributed by atoms with Gasteiger partial charge in [-0.25, -0.2) is 0 Å². The van der Waals surface area contributed by atoms with Crippen molar-refractivity contribution in [2.45, 2.75) is 170 Å². The zero-order valence-corrected chi connectivity index (χ0v) is 26.6. The van der Waals surface area contributed by atoms with E-state index in [1.807, 2.05) is 0 Å². The van der Waals surface area contributed by atoms with Crippen molar-refractivity contribution < 1.29 is 0 Å². The Bertz CT molecular complexity index is 758. The molecular formula is C37H65N. The van der Waals surface area contributed by atoms with Crippen molar-refractivity contribution in [2.24, 2.45) is 11.1 Å². The fourth-order valence-corrected chi connectivity index (χ4v) is 5.79. The van der Waals surface area contributed by atoms with E-state index in [0.717, 1.165) is 12.8 Å². The Morgan fingerprint density at radius 1 is 0.816 bits per heavy atom. The first kappa shape index (κ1) is 34.7. The summed E-state index contributed by atoms with van der Waals surface area (Å²) in [5.41, 5.74) is 12.4. The van der Waals surface area contributed by atoms with E-state index in [0.29, 0.717) is 11.5 Å². The molecule has 0 fully saturated rings. The molecular weight excluding hydrogens is 458 g/mol. The molecule has 0 heterocycles. The van der Waals surface area contributed by atoms with Crippen LogP contribution >= 0.6 is 0 Å². The average Bonchev–Trinajstić information content (AvgIpc) is 2.86. The summed E-state index contributed by atoms with van der Waals surface area (Å²) < 4.78 is 0. The number of hydrogen-bond acceptors (Lipinski definition) is 1. The first-order valence-corrected chi connectivity index (χ1v) is 16.4. The van der Waals surface area contributed by atoms with Gasteiger partial charge in [0.1, 0.15) is 0 Å². The van der Waals surface area contributed by atoms with Crippen molar-refractivity contribution in [2.75, 3.05) is 0 Å². The molecule has 0 saturated carbocycles. The van der Waals surface area contributed by atoms with E-state index in [2.05, 4.69) is 78.0 Å². The van der Waals surface area contributed by atoms with Crippen LogP contribution in [0.25, 0.3) is 0 Å². The summed E-state index contributed by atoms with van der Waals surface area (Å²) in [5.74, 6) is 0. The molecule has 1 aliphatic rings. The number of nitrogens with two attached hydrogens (primary N) is 1. The molecule has 2 N–H and O–H groups in total. The number of allylic oxidation sites excluding steroid dienone is 10. The van der Waals surface area contributed by atoms with Crippen LogP contribution in [0, 0.1) is 5.41 Å². The highest BCUT2D eigenvalue weighted by Crippen LogP contribution is 2.40. The van der Waals surface area contributed by atoms with E-state index in [9.17, 15) is 0 Å². The van der Waals surface area contributed by atoms with E-state index in [-0.39, 0.29) is 0 Å². The molecule has 0 bridgehead atoms. The highest BCUT2D eigenvalue weighted by molar-refractivity contribution is 5.37. The maximum atomic E-state index is 6.39. The van der Waals surface area contributed by atoms with Gasteiger partial charge in [0.2, 0.25) is 0 Å². The third-order valence-corrected chi connectivity index (χ3v) is 8.46. The SMILES string of the molecule is CCCCCCCCCCCCCCCC(N)CCC=C(C)C=CC=C(C)C=CC1=C(C)CCCC1(C)C. The molecule has 0 radical (unpaired) electrons. The largest absolute Gasteiger partial charge is 0.328 e. The third kappa shape index (κ3) is 17.3. The molecule has 1 unspecified atom stereocenters. The summed E-state index contributed by atoms with van der Waals surface area (Å²) in [6.45, 7) is 13.8.